The molecule has 0 radical (unpaired) electrons. The molecule has 0 bridgehead atoms. The van der Waals surface area contributed by atoms with E-state index in [0.717, 1.165) is 12.8 Å². The minimum atomic E-state index is 0.604. The van der Waals surface area contributed by atoms with Crippen molar-refractivity contribution in [1.29, 1.82) is 0 Å². The van der Waals surface area contributed by atoms with Crippen molar-refractivity contribution in [2.24, 2.45) is 5.73 Å². The summed E-state index contributed by atoms with van der Waals surface area (Å²) in [5, 5.41) is 0. The third-order valence-electron chi connectivity index (χ3n) is 4.64. The number of hydrogen-bond acceptors (Lipinski definition) is 1. The van der Waals surface area contributed by atoms with E-state index < -0.39 is 0 Å². The summed E-state index contributed by atoms with van der Waals surface area (Å²) in [4.78, 5) is 0. The molecular weight excluding hydrogens is 290 g/mol. The second-order valence-corrected chi connectivity index (χ2v) is 6.14. The van der Waals surface area contributed by atoms with E-state index in [-0.39, 0.29) is 0 Å². The fourth-order valence-electron chi connectivity index (χ4n) is 3.35. The van der Waals surface area contributed by atoms with Crippen molar-refractivity contribution in [2.75, 3.05) is 0 Å². The average molecular weight is 315 g/mol. The molecule has 0 saturated heterocycles. The molecule has 1 heteroatoms. The molecule has 2 N–H and O–H groups in total. The Kier molecular flexibility index (Phi) is 5.12. The minimum Gasteiger partial charge on any atom is -0.326 e. The predicted molar refractivity (Wildman–Crippen MR) is 104 cm³/mol. The summed E-state index contributed by atoms with van der Waals surface area (Å²) in [7, 11) is 0. The lowest BCUT2D eigenvalue weighted by Crippen LogP contribution is -2.02. The van der Waals surface area contributed by atoms with Gasteiger partial charge in [0.2, 0.25) is 0 Å². The van der Waals surface area contributed by atoms with Crippen molar-refractivity contribution >= 4 is 0 Å². The molecule has 0 heterocycles. The van der Waals surface area contributed by atoms with E-state index in [1.54, 1.807) is 0 Å². The first-order valence-electron chi connectivity index (χ1n) is 8.77. The SMILES string of the molecule is CCc1cc(CN)cc(CC)c1-c1ccc(-c2ccccc2)cc1. The Hall–Kier alpha value is -2.38. The van der Waals surface area contributed by atoms with E-state index in [0.29, 0.717) is 6.54 Å². The van der Waals surface area contributed by atoms with E-state index in [9.17, 15) is 0 Å². The quantitative estimate of drug-likeness (QED) is 0.651. The van der Waals surface area contributed by atoms with Crippen LogP contribution >= 0.6 is 0 Å². The minimum absolute atomic E-state index is 0.604. The first-order chi connectivity index (χ1) is 11.8. The normalized spacial score (nSPS) is 10.8. The fourth-order valence-corrected chi connectivity index (χ4v) is 3.35. The van der Waals surface area contributed by atoms with Crippen molar-refractivity contribution in [3.8, 4) is 22.3 Å². The standard InChI is InChI=1S/C23H25N/c1-3-18-14-17(16-24)15-19(4-2)23(18)22-12-10-21(11-13-22)20-8-6-5-7-9-20/h5-15H,3-4,16,24H2,1-2H3. The summed E-state index contributed by atoms with van der Waals surface area (Å²) in [5.41, 5.74) is 15.1. The summed E-state index contributed by atoms with van der Waals surface area (Å²) in [6.45, 7) is 5.04. The molecule has 3 aromatic carbocycles. The molecule has 0 unspecified atom stereocenters. The van der Waals surface area contributed by atoms with Crippen LogP contribution in [-0.4, -0.2) is 0 Å². The highest BCUT2D eigenvalue weighted by atomic mass is 14.5. The van der Waals surface area contributed by atoms with Gasteiger partial charge in [-0.3, -0.25) is 0 Å². The fraction of sp³-hybridized carbons (Fsp3) is 0.217. The zero-order chi connectivity index (χ0) is 16.9. The van der Waals surface area contributed by atoms with Gasteiger partial charge in [0.05, 0.1) is 0 Å². The summed E-state index contributed by atoms with van der Waals surface area (Å²) in [5.74, 6) is 0. The molecule has 0 fully saturated rings. The maximum atomic E-state index is 5.87. The van der Waals surface area contributed by atoms with E-state index in [1.165, 1.54) is 38.9 Å². The summed E-state index contributed by atoms with van der Waals surface area (Å²) >= 11 is 0. The number of hydrogen-bond donors (Lipinski definition) is 1. The highest BCUT2D eigenvalue weighted by Gasteiger charge is 2.11. The molecule has 0 saturated carbocycles. The zero-order valence-electron chi connectivity index (χ0n) is 14.5. The number of benzene rings is 3. The van der Waals surface area contributed by atoms with Gasteiger partial charge in [0.25, 0.3) is 0 Å². The number of nitrogens with two attached hydrogens (primary N) is 1. The Balaban J connectivity index is 2.06. The monoisotopic (exact) mass is 315 g/mol. The van der Waals surface area contributed by atoms with Gasteiger partial charge >= 0.3 is 0 Å². The van der Waals surface area contributed by atoms with Crippen LogP contribution in [0.25, 0.3) is 22.3 Å². The molecule has 0 aliphatic carbocycles. The number of aryl methyl sites for hydroxylation is 2. The second kappa shape index (κ2) is 7.46. The van der Waals surface area contributed by atoms with Gasteiger partial charge in [-0.15, -0.1) is 0 Å². The maximum absolute atomic E-state index is 5.87. The first kappa shape index (κ1) is 16.5. The molecular formula is C23H25N. The van der Waals surface area contributed by atoms with Gasteiger partial charge in [0.15, 0.2) is 0 Å². The largest absolute Gasteiger partial charge is 0.326 e. The van der Waals surface area contributed by atoms with Gasteiger partial charge in [-0.05, 0) is 51.8 Å². The van der Waals surface area contributed by atoms with Crippen LogP contribution in [-0.2, 0) is 19.4 Å². The lowest BCUT2D eigenvalue weighted by molar-refractivity contribution is 1.02. The van der Waals surface area contributed by atoms with E-state index in [1.807, 2.05) is 0 Å². The molecule has 0 atom stereocenters. The second-order valence-electron chi connectivity index (χ2n) is 6.14. The van der Waals surface area contributed by atoms with Crippen LogP contribution in [0.3, 0.4) is 0 Å². The van der Waals surface area contributed by atoms with Crippen molar-refractivity contribution in [1.82, 2.24) is 0 Å². The van der Waals surface area contributed by atoms with Crippen LogP contribution in [0.2, 0.25) is 0 Å². The summed E-state index contributed by atoms with van der Waals surface area (Å²) in [6, 6.07) is 24.0. The number of rotatable bonds is 5. The van der Waals surface area contributed by atoms with Gasteiger partial charge in [-0.2, -0.15) is 0 Å². The molecule has 3 aromatic rings. The van der Waals surface area contributed by atoms with Crippen LogP contribution < -0.4 is 5.73 Å². The van der Waals surface area contributed by atoms with Gasteiger partial charge in [-0.25, -0.2) is 0 Å². The van der Waals surface area contributed by atoms with Gasteiger partial charge in [0, 0.05) is 6.54 Å². The first-order valence-corrected chi connectivity index (χ1v) is 8.77. The molecule has 0 amide bonds. The van der Waals surface area contributed by atoms with Crippen molar-refractivity contribution in [3.63, 3.8) is 0 Å². The lowest BCUT2D eigenvalue weighted by atomic mass is 9.89. The maximum Gasteiger partial charge on any atom is 0.0178 e. The molecule has 1 nitrogen and oxygen atoms in total. The van der Waals surface area contributed by atoms with Gasteiger partial charge < -0.3 is 5.73 Å². The third-order valence-corrected chi connectivity index (χ3v) is 4.64. The molecule has 0 aromatic heterocycles. The van der Waals surface area contributed by atoms with Crippen LogP contribution in [0.4, 0.5) is 0 Å². The molecule has 0 aliphatic rings. The Morgan fingerprint density at radius 1 is 0.667 bits per heavy atom. The van der Waals surface area contributed by atoms with E-state index in [4.69, 9.17) is 5.73 Å². The van der Waals surface area contributed by atoms with E-state index in [2.05, 4.69) is 80.6 Å². The molecule has 0 spiro atoms. The smallest absolute Gasteiger partial charge is 0.0178 e. The summed E-state index contributed by atoms with van der Waals surface area (Å²) < 4.78 is 0. The Morgan fingerprint density at radius 2 is 1.17 bits per heavy atom. The van der Waals surface area contributed by atoms with Gasteiger partial charge in [0.1, 0.15) is 0 Å². The molecule has 24 heavy (non-hydrogen) atoms. The molecule has 122 valence electrons. The third kappa shape index (κ3) is 3.27. The highest BCUT2D eigenvalue weighted by molar-refractivity contribution is 5.75. The predicted octanol–water partition coefficient (Wildman–Crippen LogP) is 5.60. The Morgan fingerprint density at radius 3 is 1.67 bits per heavy atom. The summed E-state index contributed by atoms with van der Waals surface area (Å²) in [6.07, 6.45) is 2.05. The zero-order valence-corrected chi connectivity index (χ0v) is 14.5. The topological polar surface area (TPSA) is 26.0 Å². The lowest BCUT2D eigenvalue weighted by Gasteiger charge is -2.16. The van der Waals surface area contributed by atoms with E-state index >= 15 is 0 Å². The van der Waals surface area contributed by atoms with Crippen LogP contribution in [0.1, 0.15) is 30.5 Å². The van der Waals surface area contributed by atoms with Crippen LogP contribution in [0, 0.1) is 0 Å². The van der Waals surface area contributed by atoms with Crippen LogP contribution in [0.5, 0.6) is 0 Å². The van der Waals surface area contributed by atoms with Gasteiger partial charge in [-0.1, -0.05) is 80.6 Å². The highest BCUT2D eigenvalue weighted by Crippen LogP contribution is 2.32. The molecule has 3 rings (SSSR count). The van der Waals surface area contributed by atoms with Crippen LogP contribution in [0.15, 0.2) is 66.7 Å². The van der Waals surface area contributed by atoms with Crippen molar-refractivity contribution in [2.45, 2.75) is 33.2 Å². The average Bonchev–Trinajstić information content (AvgIpc) is 2.67. The molecule has 0 aliphatic heterocycles. The van der Waals surface area contributed by atoms with Crippen molar-refractivity contribution < 1.29 is 0 Å². The van der Waals surface area contributed by atoms with Crippen molar-refractivity contribution in [3.05, 3.63) is 83.4 Å². The Labute approximate surface area is 145 Å². The Bertz CT molecular complexity index is 776.